The molecule has 20 heavy (non-hydrogen) atoms. The average Bonchev–Trinajstić information content (AvgIpc) is 2.26. The normalized spacial score (nSPS) is 13.3. The van der Waals surface area contributed by atoms with Crippen LogP contribution in [0.15, 0.2) is 24.3 Å². The molecule has 0 spiro atoms. The van der Waals surface area contributed by atoms with Crippen LogP contribution in [0, 0.1) is 0 Å². The number of alkyl halides is 5. The molecule has 0 fully saturated rings. The first-order valence-corrected chi connectivity index (χ1v) is 5.13. The van der Waals surface area contributed by atoms with Crippen molar-refractivity contribution in [3.05, 3.63) is 29.8 Å². The quantitative estimate of drug-likeness (QED) is 0.840. The van der Waals surface area contributed by atoms with Gasteiger partial charge in [0.25, 0.3) is 0 Å². The molecule has 0 saturated carbocycles. The summed E-state index contributed by atoms with van der Waals surface area (Å²) in [6, 6.07) is 1.91. The zero-order valence-electron chi connectivity index (χ0n) is 10.2. The standard InChI is InChI=1S/C11H11F5N2O.ClH/c1-6(19)18-8-4-2-7(3-5-8)9(17)10(12,13)11(14,15)16;/h2-5,9H,17H2,1H3,(H,18,19);1H/t9-;/m0./s1. The molecule has 1 amide bonds. The number of nitrogens with two attached hydrogens (primary N) is 1. The van der Waals surface area contributed by atoms with Crippen molar-refractivity contribution in [1.29, 1.82) is 0 Å². The van der Waals surface area contributed by atoms with Crippen LogP contribution in [0.25, 0.3) is 0 Å². The topological polar surface area (TPSA) is 55.1 Å². The summed E-state index contributed by atoms with van der Waals surface area (Å²) in [5, 5.41) is 2.35. The predicted molar refractivity (Wildman–Crippen MR) is 65.9 cm³/mol. The van der Waals surface area contributed by atoms with Crippen molar-refractivity contribution in [3.8, 4) is 0 Å². The number of amides is 1. The van der Waals surface area contributed by atoms with E-state index in [-0.39, 0.29) is 23.7 Å². The van der Waals surface area contributed by atoms with Crippen LogP contribution >= 0.6 is 12.4 Å². The zero-order chi connectivity index (χ0) is 14.8. The molecule has 0 aliphatic heterocycles. The first kappa shape index (κ1) is 18.6. The van der Waals surface area contributed by atoms with Gasteiger partial charge < -0.3 is 11.1 Å². The van der Waals surface area contributed by atoms with E-state index in [9.17, 15) is 26.7 Å². The van der Waals surface area contributed by atoms with Crippen molar-refractivity contribution in [2.24, 2.45) is 5.73 Å². The fourth-order valence-electron chi connectivity index (χ4n) is 1.36. The van der Waals surface area contributed by atoms with Crippen LogP contribution < -0.4 is 11.1 Å². The molecule has 1 aromatic rings. The lowest BCUT2D eigenvalue weighted by Gasteiger charge is -2.26. The number of carbonyl (C=O) groups excluding carboxylic acids is 1. The van der Waals surface area contributed by atoms with Gasteiger partial charge in [-0.25, -0.2) is 0 Å². The van der Waals surface area contributed by atoms with Gasteiger partial charge in [-0.3, -0.25) is 4.79 Å². The van der Waals surface area contributed by atoms with Gasteiger partial charge in [0.05, 0.1) is 0 Å². The van der Waals surface area contributed by atoms with E-state index in [0.717, 1.165) is 12.1 Å². The van der Waals surface area contributed by atoms with Crippen LogP contribution in [-0.2, 0) is 4.79 Å². The van der Waals surface area contributed by atoms with Crippen LogP contribution in [0.2, 0.25) is 0 Å². The Balaban J connectivity index is 0.00000361. The Morgan fingerprint density at radius 2 is 1.60 bits per heavy atom. The summed E-state index contributed by atoms with van der Waals surface area (Å²) >= 11 is 0. The molecule has 0 bridgehead atoms. The minimum Gasteiger partial charge on any atom is -0.326 e. The number of nitrogens with one attached hydrogen (secondary N) is 1. The Morgan fingerprint density at radius 3 is 1.95 bits per heavy atom. The lowest BCUT2D eigenvalue weighted by atomic mass is 10.0. The van der Waals surface area contributed by atoms with E-state index in [1.807, 2.05) is 0 Å². The van der Waals surface area contributed by atoms with E-state index in [4.69, 9.17) is 5.73 Å². The van der Waals surface area contributed by atoms with Gasteiger partial charge in [-0.15, -0.1) is 12.4 Å². The van der Waals surface area contributed by atoms with E-state index in [2.05, 4.69) is 5.32 Å². The molecule has 114 valence electrons. The second-order valence-electron chi connectivity index (χ2n) is 3.90. The lowest BCUT2D eigenvalue weighted by Crippen LogP contribution is -2.45. The molecular weight excluding hydrogens is 307 g/mol. The maximum Gasteiger partial charge on any atom is 0.455 e. The summed E-state index contributed by atoms with van der Waals surface area (Å²) < 4.78 is 62.4. The summed E-state index contributed by atoms with van der Waals surface area (Å²) in [5.74, 6) is -5.42. The van der Waals surface area contributed by atoms with E-state index >= 15 is 0 Å². The highest BCUT2D eigenvalue weighted by Crippen LogP contribution is 2.43. The highest BCUT2D eigenvalue weighted by atomic mass is 35.5. The van der Waals surface area contributed by atoms with Crippen LogP contribution in [0.1, 0.15) is 18.5 Å². The molecule has 0 radical (unpaired) electrons. The third kappa shape index (κ3) is 4.04. The zero-order valence-corrected chi connectivity index (χ0v) is 11.0. The molecule has 0 aromatic heterocycles. The first-order valence-electron chi connectivity index (χ1n) is 5.13. The fourth-order valence-corrected chi connectivity index (χ4v) is 1.36. The molecule has 1 rings (SSSR count). The van der Waals surface area contributed by atoms with Crippen molar-refractivity contribution in [1.82, 2.24) is 0 Å². The Labute approximate surface area is 117 Å². The van der Waals surface area contributed by atoms with Gasteiger partial charge in [-0.05, 0) is 17.7 Å². The number of rotatable bonds is 3. The number of carbonyl (C=O) groups is 1. The summed E-state index contributed by atoms with van der Waals surface area (Å²) in [6.45, 7) is 1.23. The number of anilines is 1. The van der Waals surface area contributed by atoms with E-state index in [1.54, 1.807) is 0 Å². The van der Waals surface area contributed by atoms with Gasteiger partial charge in [-0.1, -0.05) is 12.1 Å². The minimum absolute atomic E-state index is 0. The van der Waals surface area contributed by atoms with Gasteiger partial charge in [-0.2, -0.15) is 22.0 Å². The maximum atomic E-state index is 13.0. The van der Waals surface area contributed by atoms with Crippen molar-refractivity contribution in [3.63, 3.8) is 0 Å². The van der Waals surface area contributed by atoms with Crippen LogP contribution in [0.5, 0.6) is 0 Å². The van der Waals surface area contributed by atoms with Gasteiger partial charge in [0.15, 0.2) is 0 Å². The first-order chi connectivity index (χ1) is 8.55. The summed E-state index contributed by atoms with van der Waals surface area (Å²) in [6.07, 6.45) is -5.72. The summed E-state index contributed by atoms with van der Waals surface area (Å²) in [7, 11) is 0. The Hall–Kier alpha value is -1.41. The highest BCUT2D eigenvalue weighted by molar-refractivity contribution is 5.88. The average molecular weight is 319 g/mol. The number of benzene rings is 1. The number of halogens is 6. The molecular formula is C11H12ClF5N2O. The highest BCUT2D eigenvalue weighted by Gasteiger charge is 2.61. The molecule has 1 aromatic carbocycles. The third-order valence-corrected chi connectivity index (χ3v) is 2.36. The van der Waals surface area contributed by atoms with Crippen LogP contribution in [0.4, 0.5) is 27.6 Å². The summed E-state index contributed by atoms with van der Waals surface area (Å²) in [4.78, 5) is 10.7. The molecule has 0 heterocycles. The van der Waals surface area contributed by atoms with Crippen molar-refractivity contribution in [2.75, 3.05) is 5.32 Å². The maximum absolute atomic E-state index is 13.0. The van der Waals surface area contributed by atoms with Crippen molar-refractivity contribution >= 4 is 24.0 Å². The summed E-state index contributed by atoms with van der Waals surface area (Å²) in [5.41, 5.74) is 4.85. The Morgan fingerprint density at radius 1 is 1.15 bits per heavy atom. The number of hydrogen-bond acceptors (Lipinski definition) is 2. The molecule has 9 heteroatoms. The van der Waals surface area contributed by atoms with Crippen LogP contribution in [-0.4, -0.2) is 18.0 Å². The van der Waals surface area contributed by atoms with Gasteiger partial charge >= 0.3 is 12.1 Å². The molecule has 0 unspecified atom stereocenters. The molecule has 0 aliphatic carbocycles. The monoisotopic (exact) mass is 318 g/mol. The molecule has 3 N–H and O–H groups in total. The molecule has 3 nitrogen and oxygen atoms in total. The van der Waals surface area contributed by atoms with E-state index in [1.165, 1.54) is 19.1 Å². The second kappa shape index (κ2) is 6.36. The smallest absolute Gasteiger partial charge is 0.326 e. The Bertz CT molecular complexity index is 461. The fraction of sp³-hybridized carbons (Fsp3) is 0.364. The minimum atomic E-state index is -5.72. The van der Waals surface area contributed by atoms with E-state index < -0.39 is 24.0 Å². The molecule has 0 aliphatic rings. The van der Waals surface area contributed by atoms with Gasteiger partial charge in [0.1, 0.15) is 6.04 Å². The second-order valence-corrected chi connectivity index (χ2v) is 3.90. The largest absolute Gasteiger partial charge is 0.455 e. The molecule has 1 atom stereocenters. The third-order valence-electron chi connectivity index (χ3n) is 2.36. The Kier molecular flexibility index (Phi) is 5.91. The number of hydrogen-bond donors (Lipinski definition) is 2. The van der Waals surface area contributed by atoms with Gasteiger partial charge in [0.2, 0.25) is 5.91 Å². The van der Waals surface area contributed by atoms with Gasteiger partial charge in [0, 0.05) is 12.6 Å². The predicted octanol–water partition coefficient (Wildman–Crippen LogP) is 3.26. The SMILES string of the molecule is CC(=O)Nc1ccc([C@H](N)C(F)(F)C(F)(F)F)cc1.Cl. The van der Waals surface area contributed by atoms with E-state index in [0.29, 0.717) is 0 Å². The van der Waals surface area contributed by atoms with Crippen LogP contribution in [0.3, 0.4) is 0 Å². The van der Waals surface area contributed by atoms with Crippen molar-refractivity contribution in [2.45, 2.75) is 25.1 Å². The molecule has 0 saturated heterocycles. The van der Waals surface area contributed by atoms with Crippen molar-refractivity contribution < 1.29 is 26.7 Å². The lowest BCUT2D eigenvalue weighted by molar-refractivity contribution is -0.291.